The highest BCUT2D eigenvalue weighted by atomic mass is 15.1. The van der Waals surface area contributed by atoms with Crippen LogP contribution in [0.25, 0.3) is 55.8 Å². The van der Waals surface area contributed by atoms with Crippen LogP contribution in [0.2, 0.25) is 0 Å². The molecule has 0 spiro atoms. The minimum Gasteiger partial charge on any atom is -0.310 e. The lowest BCUT2D eigenvalue weighted by atomic mass is 9.87. The van der Waals surface area contributed by atoms with Crippen molar-refractivity contribution in [2.45, 2.75) is 32.1 Å². The lowest BCUT2D eigenvalue weighted by molar-refractivity contribution is 0.771. The lowest BCUT2D eigenvalue weighted by Gasteiger charge is -2.31. The van der Waals surface area contributed by atoms with Crippen LogP contribution in [-0.4, -0.2) is 4.57 Å². The molecule has 236 valence electrons. The molecule has 1 heterocycles. The molecule has 2 aliphatic carbocycles. The van der Waals surface area contributed by atoms with E-state index in [2.05, 4.69) is 186 Å². The molecule has 0 N–H and O–H groups in total. The fourth-order valence-corrected chi connectivity index (χ4v) is 7.76. The van der Waals surface area contributed by atoms with Gasteiger partial charge < -0.3 is 9.47 Å². The number of nitrogens with zero attached hydrogens (tertiary/aromatic N) is 2. The molecule has 0 bridgehead atoms. The first-order valence-corrected chi connectivity index (χ1v) is 17.5. The van der Waals surface area contributed by atoms with E-state index in [1.165, 1.54) is 77.9 Å². The van der Waals surface area contributed by atoms with Gasteiger partial charge in [-0.25, -0.2) is 0 Å². The van der Waals surface area contributed by atoms with Crippen molar-refractivity contribution in [2.24, 2.45) is 0 Å². The molecule has 0 radical (unpaired) electrons. The van der Waals surface area contributed by atoms with Crippen LogP contribution in [0.1, 0.15) is 43.2 Å². The average Bonchev–Trinajstić information content (AvgIpc) is 3.50. The van der Waals surface area contributed by atoms with E-state index in [0.29, 0.717) is 5.92 Å². The van der Waals surface area contributed by atoms with E-state index in [1.54, 1.807) is 0 Å². The molecule has 0 aliphatic heterocycles. The van der Waals surface area contributed by atoms with Gasteiger partial charge in [0.1, 0.15) is 0 Å². The molecule has 2 heteroatoms. The number of aromatic nitrogens is 1. The standard InChI is InChI=1S/C47H38N2/c1-33-13-11-21-42-41(33)20-12-22-45(42)48(38-16-7-3-8-17-38)40-27-23-35(24-28-40)37-25-29-43-44-31-36(34-14-5-2-6-15-34)26-30-46(44)49(47(43)32-37)39-18-9-4-10-19-39/h2,4-7,9-12,14-33H,3,8,13H2,1H3. The predicted octanol–water partition coefficient (Wildman–Crippen LogP) is 13.0. The zero-order chi connectivity index (χ0) is 32.7. The molecule has 7 aromatic rings. The number of rotatable bonds is 6. The minimum atomic E-state index is 0.520. The molecule has 0 saturated carbocycles. The van der Waals surface area contributed by atoms with Gasteiger partial charge in [0.15, 0.2) is 0 Å². The molecule has 49 heavy (non-hydrogen) atoms. The van der Waals surface area contributed by atoms with Crippen LogP contribution in [0.3, 0.4) is 0 Å². The van der Waals surface area contributed by atoms with Gasteiger partial charge in [0.25, 0.3) is 0 Å². The molecule has 2 nitrogen and oxygen atoms in total. The first-order valence-electron chi connectivity index (χ1n) is 17.5. The van der Waals surface area contributed by atoms with Gasteiger partial charge in [0, 0.05) is 33.4 Å². The van der Waals surface area contributed by atoms with E-state index in [-0.39, 0.29) is 0 Å². The predicted molar refractivity (Wildman–Crippen MR) is 209 cm³/mol. The van der Waals surface area contributed by atoms with Crippen molar-refractivity contribution in [3.05, 3.63) is 181 Å². The summed E-state index contributed by atoms with van der Waals surface area (Å²) in [6.45, 7) is 2.33. The summed E-state index contributed by atoms with van der Waals surface area (Å²) in [6.07, 6.45) is 14.9. The maximum absolute atomic E-state index is 2.45. The second-order valence-electron chi connectivity index (χ2n) is 13.3. The molecule has 0 amide bonds. The van der Waals surface area contributed by atoms with Gasteiger partial charge >= 0.3 is 0 Å². The molecule has 9 rings (SSSR count). The van der Waals surface area contributed by atoms with E-state index < -0.39 is 0 Å². The summed E-state index contributed by atoms with van der Waals surface area (Å²) in [7, 11) is 0. The first-order chi connectivity index (χ1) is 24.2. The summed E-state index contributed by atoms with van der Waals surface area (Å²) < 4.78 is 2.41. The van der Waals surface area contributed by atoms with Crippen LogP contribution in [-0.2, 0) is 0 Å². The van der Waals surface area contributed by atoms with E-state index >= 15 is 0 Å². The van der Waals surface area contributed by atoms with E-state index in [0.717, 1.165) is 19.3 Å². The number of para-hydroxylation sites is 1. The molecule has 6 aromatic carbocycles. The Morgan fingerprint density at radius 3 is 2.10 bits per heavy atom. The van der Waals surface area contributed by atoms with Gasteiger partial charge in [-0.15, -0.1) is 0 Å². The SMILES string of the molecule is CC1CC=Cc2c1cccc2N(C1=CCCC=C1)c1ccc(-c2ccc3c4cc(-c5ccccc5)ccc4n(-c4ccccc4)c3c2)cc1. The van der Waals surface area contributed by atoms with Gasteiger partial charge in [0.05, 0.1) is 16.7 Å². The lowest BCUT2D eigenvalue weighted by Crippen LogP contribution is -2.18. The van der Waals surface area contributed by atoms with Crippen molar-refractivity contribution in [2.75, 3.05) is 4.90 Å². The van der Waals surface area contributed by atoms with E-state index in [1.807, 2.05) is 0 Å². The van der Waals surface area contributed by atoms with Gasteiger partial charge in [-0.2, -0.15) is 0 Å². The summed E-state index contributed by atoms with van der Waals surface area (Å²) in [5.74, 6) is 0.520. The fraction of sp³-hybridized carbons (Fsp3) is 0.106. The second kappa shape index (κ2) is 12.3. The van der Waals surface area contributed by atoms with Gasteiger partial charge in [-0.3, -0.25) is 0 Å². The largest absolute Gasteiger partial charge is 0.310 e. The van der Waals surface area contributed by atoms with Gasteiger partial charge in [-0.05, 0) is 108 Å². The van der Waals surface area contributed by atoms with Crippen LogP contribution in [0.15, 0.2) is 170 Å². The maximum atomic E-state index is 2.45. The van der Waals surface area contributed by atoms with Crippen molar-refractivity contribution in [3.8, 4) is 27.9 Å². The zero-order valence-corrected chi connectivity index (χ0v) is 27.8. The average molecular weight is 631 g/mol. The Hall–Kier alpha value is -5.86. The normalized spacial score (nSPS) is 15.4. The third-order valence-electron chi connectivity index (χ3n) is 10.2. The third-order valence-corrected chi connectivity index (χ3v) is 10.2. The molecule has 1 aromatic heterocycles. The van der Waals surface area contributed by atoms with Crippen molar-refractivity contribution in [1.82, 2.24) is 4.57 Å². The highest BCUT2D eigenvalue weighted by Gasteiger charge is 2.22. The minimum absolute atomic E-state index is 0.520. The second-order valence-corrected chi connectivity index (χ2v) is 13.3. The topological polar surface area (TPSA) is 8.17 Å². The Kier molecular flexibility index (Phi) is 7.35. The molecule has 2 aliphatic rings. The molecular weight excluding hydrogens is 593 g/mol. The fourth-order valence-electron chi connectivity index (χ4n) is 7.76. The Morgan fingerprint density at radius 1 is 0.571 bits per heavy atom. The number of benzene rings is 6. The summed E-state index contributed by atoms with van der Waals surface area (Å²) in [5.41, 5.74) is 14.9. The van der Waals surface area contributed by atoms with Gasteiger partial charge in [-0.1, -0.05) is 122 Å². The number of fused-ring (bicyclic) bond motifs is 4. The summed E-state index contributed by atoms with van der Waals surface area (Å²) in [6, 6.07) is 51.2. The number of hydrogen-bond acceptors (Lipinski definition) is 1. The molecule has 1 unspecified atom stereocenters. The Morgan fingerprint density at radius 2 is 1.31 bits per heavy atom. The summed E-state index contributed by atoms with van der Waals surface area (Å²) in [4.78, 5) is 2.45. The molecule has 1 atom stereocenters. The quantitative estimate of drug-likeness (QED) is 0.177. The first kappa shape index (κ1) is 29.3. The maximum Gasteiger partial charge on any atom is 0.0547 e. The molecular formula is C47H38N2. The number of allylic oxidation sites excluding steroid dienone is 4. The van der Waals surface area contributed by atoms with Crippen molar-refractivity contribution in [1.29, 1.82) is 0 Å². The van der Waals surface area contributed by atoms with Crippen molar-refractivity contribution < 1.29 is 0 Å². The van der Waals surface area contributed by atoms with Crippen LogP contribution in [0, 0.1) is 0 Å². The van der Waals surface area contributed by atoms with E-state index in [4.69, 9.17) is 0 Å². The van der Waals surface area contributed by atoms with Crippen LogP contribution >= 0.6 is 0 Å². The van der Waals surface area contributed by atoms with Crippen molar-refractivity contribution >= 4 is 39.3 Å². The summed E-state index contributed by atoms with van der Waals surface area (Å²) >= 11 is 0. The Labute approximate surface area is 288 Å². The molecule has 0 fully saturated rings. The van der Waals surface area contributed by atoms with Crippen LogP contribution < -0.4 is 4.90 Å². The smallest absolute Gasteiger partial charge is 0.0547 e. The number of anilines is 2. The summed E-state index contributed by atoms with van der Waals surface area (Å²) in [5, 5.41) is 2.52. The van der Waals surface area contributed by atoms with E-state index in [9.17, 15) is 0 Å². The van der Waals surface area contributed by atoms with Gasteiger partial charge in [0.2, 0.25) is 0 Å². The highest BCUT2D eigenvalue weighted by molar-refractivity contribution is 6.11. The van der Waals surface area contributed by atoms with Crippen LogP contribution in [0.4, 0.5) is 11.4 Å². The zero-order valence-electron chi connectivity index (χ0n) is 27.8. The Balaban J connectivity index is 1.16. The van der Waals surface area contributed by atoms with Crippen LogP contribution in [0.5, 0.6) is 0 Å². The molecule has 0 saturated heterocycles. The Bertz CT molecular complexity index is 2410. The third kappa shape index (κ3) is 5.21. The number of hydrogen-bond donors (Lipinski definition) is 0. The van der Waals surface area contributed by atoms with Crippen molar-refractivity contribution in [3.63, 3.8) is 0 Å². The monoisotopic (exact) mass is 630 g/mol. The highest BCUT2D eigenvalue weighted by Crippen LogP contribution is 2.42.